The molecule has 1 aliphatic heterocycles. The maximum Gasteiger partial charge on any atom is 0.244 e. The number of hydrogen-bond donors (Lipinski definition) is 1. The molecule has 1 saturated heterocycles. The van der Waals surface area contributed by atoms with E-state index in [0.29, 0.717) is 5.92 Å². The molecule has 4 heteroatoms. The van der Waals surface area contributed by atoms with Crippen LogP contribution in [0.15, 0.2) is 24.3 Å². The van der Waals surface area contributed by atoms with Crippen molar-refractivity contribution in [3.63, 3.8) is 0 Å². The van der Waals surface area contributed by atoms with Gasteiger partial charge in [0.25, 0.3) is 0 Å². The molecular formula is C19H31N3O. The van der Waals surface area contributed by atoms with Crippen LogP contribution in [0.5, 0.6) is 0 Å². The van der Waals surface area contributed by atoms with Gasteiger partial charge in [0.2, 0.25) is 5.91 Å². The van der Waals surface area contributed by atoms with Gasteiger partial charge in [-0.2, -0.15) is 0 Å². The van der Waals surface area contributed by atoms with Crippen LogP contribution in [0.1, 0.15) is 50.8 Å². The second-order valence-electron chi connectivity index (χ2n) is 6.52. The summed E-state index contributed by atoms with van der Waals surface area (Å²) < 4.78 is 0. The summed E-state index contributed by atoms with van der Waals surface area (Å²) in [6.45, 7) is 13.8. The molecule has 1 aliphatic rings. The molecule has 0 aliphatic carbocycles. The van der Waals surface area contributed by atoms with Gasteiger partial charge in [0.15, 0.2) is 0 Å². The molecule has 128 valence electrons. The highest BCUT2D eigenvalue weighted by atomic mass is 16.2. The van der Waals surface area contributed by atoms with E-state index in [2.05, 4.69) is 62.2 Å². The average Bonchev–Trinajstić information content (AvgIpc) is 2.57. The number of nitrogens with one attached hydrogen (secondary N) is 1. The van der Waals surface area contributed by atoms with Crippen LogP contribution in [-0.4, -0.2) is 55.0 Å². The van der Waals surface area contributed by atoms with Crippen molar-refractivity contribution in [1.82, 2.24) is 15.1 Å². The van der Waals surface area contributed by atoms with Gasteiger partial charge < -0.3 is 10.2 Å². The minimum absolute atomic E-state index is 0.154. The maximum absolute atomic E-state index is 13.1. The molecule has 1 unspecified atom stereocenters. The van der Waals surface area contributed by atoms with Crippen LogP contribution < -0.4 is 5.32 Å². The van der Waals surface area contributed by atoms with Gasteiger partial charge in [-0.3, -0.25) is 9.69 Å². The number of piperazine rings is 1. The van der Waals surface area contributed by atoms with E-state index in [0.717, 1.165) is 44.8 Å². The molecule has 1 amide bonds. The van der Waals surface area contributed by atoms with E-state index in [1.807, 2.05) is 4.90 Å². The van der Waals surface area contributed by atoms with Gasteiger partial charge in [0.1, 0.15) is 6.04 Å². The summed E-state index contributed by atoms with van der Waals surface area (Å²) in [4.78, 5) is 17.4. The first kappa shape index (κ1) is 18.0. The minimum atomic E-state index is -0.154. The van der Waals surface area contributed by atoms with Gasteiger partial charge in [-0.1, -0.05) is 38.1 Å². The lowest BCUT2D eigenvalue weighted by molar-refractivity contribution is -0.137. The summed E-state index contributed by atoms with van der Waals surface area (Å²) in [5, 5.41) is 3.37. The Kier molecular flexibility index (Phi) is 6.60. The highest BCUT2D eigenvalue weighted by molar-refractivity contribution is 5.83. The van der Waals surface area contributed by atoms with Crippen LogP contribution in [0, 0.1) is 0 Å². The fraction of sp³-hybridized carbons (Fsp3) is 0.632. The Morgan fingerprint density at radius 3 is 2.09 bits per heavy atom. The first-order chi connectivity index (χ1) is 11.1. The zero-order chi connectivity index (χ0) is 16.8. The summed E-state index contributed by atoms with van der Waals surface area (Å²) in [5.74, 6) is 0.745. The fourth-order valence-corrected chi connectivity index (χ4v) is 3.22. The maximum atomic E-state index is 13.1. The Hall–Kier alpha value is -1.39. The van der Waals surface area contributed by atoms with Crippen molar-refractivity contribution in [3.8, 4) is 0 Å². The first-order valence-electron chi connectivity index (χ1n) is 8.91. The van der Waals surface area contributed by atoms with E-state index in [9.17, 15) is 4.79 Å². The number of benzene rings is 1. The quantitative estimate of drug-likeness (QED) is 0.876. The average molecular weight is 317 g/mol. The minimum Gasteiger partial charge on any atom is -0.342 e. The van der Waals surface area contributed by atoms with Gasteiger partial charge in [-0.15, -0.1) is 0 Å². The molecular weight excluding hydrogens is 286 g/mol. The van der Waals surface area contributed by atoms with Crippen molar-refractivity contribution < 1.29 is 4.79 Å². The molecule has 0 bridgehead atoms. The molecule has 0 radical (unpaired) electrons. The highest BCUT2D eigenvalue weighted by Crippen LogP contribution is 2.26. The lowest BCUT2D eigenvalue weighted by Gasteiger charge is -2.36. The molecule has 1 atom stereocenters. The predicted molar refractivity (Wildman–Crippen MR) is 95.6 cm³/mol. The van der Waals surface area contributed by atoms with E-state index < -0.39 is 0 Å². The topological polar surface area (TPSA) is 35.6 Å². The standard InChI is InChI=1S/C19H31N3O/c1-5-21(6-2)19(23)18(22-13-11-20-12-14-22)17-9-7-16(8-10-17)15(3)4/h7-10,15,18,20H,5-6,11-14H2,1-4H3. The molecule has 0 aromatic heterocycles. The van der Waals surface area contributed by atoms with Gasteiger partial charge >= 0.3 is 0 Å². The Morgan fingerprint density at radius 1 is 1.09 bits per heavy atom. The molecule has 1 fully saturated rings. The second kappa shape index (κ2) is 8.46. The fourth-order valence-electron chi connectivity index (χ4n) is 3.22. The largest absolute Gasteiger partial charge is 0.342 e. The van der Waals surface area contributed by atoms with E-state index in [1.165, 1.54) is 5.56 Å². The normalized spacial score (nSPS) is 17.3. The smallest absolute Gasteiger partial charge is 0.244 e. The second-order valence-corrected chi connectivity index (χ2v) is 6.52. The number of carbonyl (C=O) groups is 1. The van der Waals surface area contributed by atoms with Gasteiger partial charge in [0.05, 0.1) is 0 Å². The van der Waals surface area contributed by atoms with Gasteiger partial charge in [-0.05, 0) is 30.9 Å². The van der Waals surface area contributed by atoms with Crippen LogP contribution >= 0.6 is 0 Å². The Bertz CT molecular complexity index is 488. The molecule has 1 aromatic carbocycles. The van der Waals surface area contributed by atoms with Crippen molar-refractivity contribution in [3.05, 3.63) is 35.4 Å². The van der Waals surface area contributed by atoms with E-state index in [1.54, 1.807) is 0 Å². The monoisotopic (exact) mass is 317 g/mol. The van der Waals surface area contributed by atoms with Crippen LogP contribution in [-0.2, 0) is 4.79 Å². The zero-order valence-corrected chi connectivity index (χ0v) is 15.0. The molecule has 1 N–H and O–H groups in total. The number of likely N-dealkylation sites (N-methyl/N-ethyl adjacent to an activating group) is 1. The van der Waals surface area contributed by atoms with Crippen molar-refractivity contribution >= 4 is 5.91 Å². The van der Waals surface area contributed by atoms with Gasteiger partial charge in [-0.25, -0.2) is 0 Å². The number of nitrogens with zero attached hydrogens (tertiary/aromatic N) is 2. The lowest BCUT2D eigenvalue weighted by atomic mass is 9.97. The summed E-state index contributed by atoms with van der Waals surface area (Å²) in [6.07, 6.45) is 0. The van der Waals surface area contributed by atoms with E-state index in [4.69, 9.17) is 0 Å². The summed E-state index contributed by atoms with van der Waals surface area (Å²) in [5.41, 5.74) is 2.44. The third kappa shape index (κ3) is 4.33. The zero-order valence-electron chi connectivity index (χ0n) is 15.0. The van der Waals surface area contributed by atoms with Crippen molar-refractivity contribution in [2.45, 2.75) is 39.7 Å². The lowest BCUT2D eigenvalue weighted by Crippen LogP contribution is -2.50. The SMILES string of the molecule is CCN(CC)C(=O)C(c1ccc(C(C)C)cc1)N1CCNCC1. The van der Waals surface area contributed by atoms with Crippen LogP contribution in [0.2, 0.25) is 0 Å². The van der Waals surface area contributed by atoms with Crippen LogP contribution in [0.25, 0.3) is 0 Å². The number of carbonyl (C=O) groups excluding carboxylic acids is 1. The van der Waals surface area contributed by atoms with E-state index >= 15 is 0 Å². The molecule has 1 aromatic rings. The highest BCUT2D eigenvalue weighted by Gasteiger charge is 2.31. The Balaban J connectivity index is 2.29. The third-order valence-corrected chi connectivity index (χ3v) is 4.74. The number of rotatable bonds is 6. The summed E-state index contributed by atoms with van der Waals surface area (Å²) in [6, 6.07) is 8.47. The Labute approximate surface area is 140 Å². The molecule has 1 heterocycles. The molecule has 0 saturated carbocycles. The third-order valence-electron chi connectivity index (χ3n) is 4.74. The van der Waals surface area contributed by atoms with Crippen molar-refractivity contribution in [2.24, 2.45) is 0 Å². The van der Waals surface area contributed by atoms with E-state index in [-0.39, 0.29) is 11.9 Å². The van der Waals surface area contributed by atoms with Crippen LogP contribution in [0.3, 0.4) is 0 Å². The summed E-state index contributed by atoms with van der Waals surface area (Å²) in [7, 11) is 0. The summed E-state index contributed by atoms with van der Waals surface area (Å²) >= 11 is 0. The van der Waals surface area contributed by atoms with Crippen molar-refractivity contribution in [1.29, 1.82) is 0 Å². The predicted octanol–water partition coefficient (Wildman–Crippen LogP) is 2.62. The first-order valence-corrected chi connectivity index (χ1v) is 8.91. The molecule has 2 rings (SSSR count). The van der Waals surface area contributed by atoms with Crippen molar-refractivity contribution in [2.75, 3.05) is 39.3 Å². The van der Waals surface area contributed by atoms with Crippen LogP contribution in [0.4, 0.5) is 0 Å². The number of hydrogen-bond acceptors (Lipinski definition) is 3. The number of amides is 1. The molecule has 23 heavy (non-hydrogen) atoms. The Morgan fingerprint density at radius 2 is 1.61 bits per heavy atom. The molecule has 4 nitrogen and oxygen atoms in total. The molecule has 0 spiro atoms. The van der Waals surface area contributed by atoms with Gasteiger partial charge in [0, 0.05) is 39.3 Å².